The van der Waals surface area contributed by atoms with Crippen LogP contribution in [0.15, 0.2) is 29.2 Å². The fourth-order valence-corrected chi connectivity index (χ4v) is 4.04. The normalized spacial score (nSPS) is 23.2. The Hall–Kier alpha value is -1.58. The van der Waals surface area contributed by atoms with E-state index in [-0.39, 0.29) is 35.9 Å². The van der Waals surface area contributed by atoms with Crippen molar-refractivity contribution in [2.75, 3.05) is 13.2 Å². The van der Waals surface area contributed by atoms with Crippen LogP contribution in [-0.2, 0) is 14.8 Å². The highest BCUT2D eigenvalue weighted by Gasteiger charge is 2.45. The van der Waals surface area contributed by atoms with Gasteiger partial charge in [0.25, 0.3) is 11.8 Å². The van der Waals surface area contributed by atoms with Gasteiger partial charge in [-0.05, 0) is 31.0 Å². The van der Waals surface area contributed by atoms with Gasteiger partial charge in [-0.2, -0.15) is 0 Å². The zero-order valence-electron chi connectivity index (χ0n) is 13.5. The lowest BCUT2D eigenvalue weighted by molar-refractivity contribution is -0.0901. The highest BCUT2D eigenvalue weighted by atomic mass is 32.2. The number of amides is 1. The van der Waals surface area contributed by atoms with Crippen molar-refractivity contribution in [3.63, 3.8) is 0 Å². The Labute approximate surface area is 145 Å². The van der Waals surface area contributed by atoms with Crippen LogP contribution in [-0.4, -0.2) is 45.5 Å². The smallest absolute Gasteiger partial charge is 0.252 e. The Morgan fingerprint density at radius 2 is 2.08 bits per heavy atom. The van der Waals surface area contributed by atoms with Crippen LogP contribution in [0.3, 0.4) is 0 Å². The van der Waals surface area contributed by atoms with Crippen LogP contribution in [0, 0.1) is 0 Å². The number of rotatable bonds is 6. The predicted molar refractivity (Wildman–Crippen MR) is 86.0 cm³/mol. The van der Waals surface area contributed by atoms with E-state index in [9.17, 15) is 22.0 Å². The summed E-state index contributed by atoms with van der Waals surface area (Å²) in [6.07, 6.45) is 0.792. The van der Waals surface area contributed by atoms with Gasteiger partial charge in [-0.15, -0.1) is 0 Å². The second-order valence-corrected chi connectivity index (χ2v) is 8.22. The van der Waals surface area contributed by atoms with Crippen molar-refractivity contribution in [2.45, 2.75) is 48.6 Å². The molecule has 1 aliphatic heterocycles. The number of benzene rings is 1. The van der Waals surface area contributed by atoms with E-state index < -0.39 is 27.9 Å². The van der Waals surface area contributed by atoms with E-state index in [1.165, 1.54) is 24.3 Å². The second kappa shape index (κ2) is 6.97. The van der Waals surface area contributed by atoms with E-state index in [2.05, 4.69) is 10.0 Å². The molecule has 0 bridgehead atoms. The number of hydrogen-bond donors (Lipinski definition) is 2. The molecule has 9 heteroatoms. The van der Waals surface area contributed by atoms with Crippen molar-refractivity contribution in [3.8, 4) is 0 Å². The van der Waals surface area contributed by atoms with Crippen LogP contribution in [0.5, 0.6) is 0 Å². The van der Waals surface area contributed by atoms with Gasteiger partial charge in [0.1, 0.15) is 0 Å². The quantitative estimate of drug-likeness (QED) is 0.793. The summed E-state index contributed by atoms with van der Waals surface area (Å²) >= 11 is 0. The van der Waals surface area contributed by atoms with Crippen molar-refractivity contribution in [3.05, 3.63) is 29.8 Å². The minimum absolute atomic E-state index is 0.0444. The third-order valence-corrected chi connectivity index (χ3v) is 5.78. The van der Waals surface area contributed by atoms with Crippen LogP contribution in [0.2, 0.25) is 0 Å². The van der Waals surface area contributed by atoms with Gasteiger partial charge in [0.05, 0.1) is 11.0 Å². The van der Waals surface area contributed by atoms with Crippen molar-refractivity contribution >= 4 is 15.9 Å². The fourth-order valence-electron chi connectivity index (χ4n) is 2.93. The van der Waals surface area contributed by atoms with E-state index in [1.54, 1.807) is 0 Å². The van der Waals surface area contributed by atoms with Crippen molar-refractivity contribution in [1.82, 2.24) is 10.0 Å². The van der Waals surface area contributed by atoms with Gasteiger partial charge in [0.2, 0.25) is 10.0 Å². The van der Waals surface area contributed by atoms with Gasteiger partial charge in [-0.1, -0.05) is 6.07 Å². The minimum Gasteiger partial charge on any atom is -0.377 e. The molecule has 1 aliphatic carbocycles. The first-order valence-corrected chi connectivity index (χ1v) is 9.63. The van der Waals surface area contributed by atoms with Gasteiger partial charge in [0.15, 0.2) is 0 Å². The number of sulfonamides is 1. The summed E-state index contributed by atoms with van der Waals surface area (Å²) in [4.78, 5) is 12.1. The van der Waals surface area contributed by atoms with Crippen LogP contribution in [0.1, 0.15) is 36.0 Å². The molecule has 2 aliphatic rings. The van der Waals surface area contributed by atoms with Gasteiger partial charge in [-0.25, -0.2) is 21.9 Å². The zero-order chi connectivity index (χ0) is 18.1. The summed E-state index contributed by atoms with van der Waals surface area (Å²) in [5.41, 5.74) is 0.121. The maximum atomic E-state index is 12.8. The number of carbonyl (C=O) groups excluding carboxylic acids is 1. The molecule has 1 heterocycles. The third-order valence-electron chi connectivity index (χ3n) is 4.36. The third kappa shape index (κ3) is 4.53. The molecule has 1 amide bonds. The number of ether oxygens (including phenoxy) is 1. The van der Waals surface area contributed by atoms with Crippen molar-refractivity contribution in [2.24, 2.45) is 0 Å². The number of halogens is 2. The Bertz CT molecular complexity index is 740. The first-order valence-electron chi connectivity index (χ1n) is 8.15. The maximum absolute atomic E-state index is 12.8. The fraction of sp³-hybridized carbons (Fsp3) is 0.562. The molecular weight excluding hydrogens is 354 g/mol. The molecule has 1 saturated heterocycles. The molecule has 0 radical (unpaired) electrons. The summed E-state index contributed by atoms with van der Waals surface area (Å²) in [5.74, 6) is -3.29. The largest absolute Gasteiger partial charge is 0.377 e. The number of carbonyl (C=O) groups is 1. The van der Waals surface area contributed by atoms with Gasteiger partial charge in [-0.3, -0.25) is 4.79 Å². The molecule has 3 rings (SSSR count). The number of alkyl halides is 2. The van der Waals surface area contributed by atoms with Crippen LogP contribution in [0.25, 0.3) is 0 Å². The lowest BCUT2D eigenvalue weighted by Crippen LogP contribution is -2.50. The number of hydrogen-bond acceptors (Lipinski definition) is 4. The van der Waals surface area contributed by atoms with E-state index in [1.807, 2.05) is 0 Å². The Morgan fingerprint density at radius 1 is 1.32 bits per heavy atom. The van der Waals surface area contributed by atoms with Crippen molar-refractivity contribution in [1.29, 1.82) is 0 Å². The Morgan fingerprint density at radius 3 is 2.72 bits per heavy atom. The lowest BCUT2D eigenvalue weighted by atomic mass is 9.88. The minimum atomic E-state index is -3.77. The molecule has 2 N–H and O–H groups in total. The summed E-state index contributed by atoms with van der Waals surface area (Å²) in [6.45, 7) is 0.804. The van der Waals surface area contributed by atoms with E-state index >= 15 is 0 Å². The molecule has 1 aromatic rings. The van der Waals surface area contributed by atoms with Crippen LogP contribution in [0.4, 0.5) is 8.78 Å². The topological polar surface area (TPSA) is 84.5 Å². The van der Waals surface area contributed by atoms with E-state index in [4.69, 9.17) is 4.74 Å². The molecule has 6 nitrogen and oxygen atoms in total. The van der Waals surface area contributed by atoms with Crippen LogP contribution < -0.4 is 10.0 Å². The molecule has 1 unspecified atom stereocenters. The van der Waals surface area contributed by atoms with Crippen molar-refractivity contribution < 1.29 is 26.7 Å². The molecule has 0 spiro atoms. The van der Waals surface area contributed by atoms with E-state index in [0.29, 0.717) is 6.61 Å². The molecule has 1 saturated carbocycles. The summed E-state index contributed by atoms with van der Waals surface area (Å²) < 4.78 is 58.2. The van der Waals surface area contributed by atoms with Gasteiger partial charge >= 0.3 is 0 Å². The molecule has 1 atom stereocenters. The first kappa shape index (κ1) is 18.2. The molecule has 2 fully saturated rings. The van der Waals surface area contributed by atoms with Gasteiger partial charge in [0, 0.05) is 37.6 Å². The highest BCUT2D eigenvalue weighted by molar-refractivity contribution is 7.89. The van der Waals surface area contributed by atoms with E-state index in [0.717, 1.165) is 12.8 Å². The monoisotopic (exact) mass is 374 g/mol. The number of nitrogens with one attached hydrogen (secondary N) is 2. The predicted octanol–water partition coefficient (Wildman–Crippen LogP) is 1.67. The summed E-state index contributed by atoms with van der Waals surface area (Å²) in [7, 11) is -3.77. The molecule has 138 valence electrons. The Kier molecular flexibility index (Phi) is 5.08. The lowest BCUT2D eigenvalue weighted by Gasteiger charge is -2.35. The van der Waals surface area contributed by atoms with Gasteiger partial charge < -0.3 is 10.1 Å². The standard InChI is InChI=1S/C16H20F2N2O4S/c17-16(18)8-12(9-16)20-15(21)11-3-1-5-14(7-11)25(22,23)19-10-13-4-2-6-24-13/h1,3,5,7,12-13,19H,2,4,6,8-10H2,(H,20,21). The average molecular weight is 374 g/mol. The van der Waals surface area contributed by atoms with Crippen LogP contribution >= 0.6 is 0 Å². The first-order chi connectivity index (χ1) is 11.8. The summed E-state index contributed by atoms with van der Waals surface area (Å²) in [5, 5.41) is 2.49. The Balaban J connectivity index is 1.62. The SMILES string of the molecule is O=C(NC1CC(F)(F)C1)c1cccc(S(=O)(=O)NCC2CCCO2)c1. The molecule has 1 aromatic carbocycles. The molecule has 25 heavy (non-hydrogen) atoms. The maximum Gasteiger partial charge on any atom is 0.252 e. The average Bonchev–Trinajstić information content (AvgIpc) is 3.05. The highest BCUT2D eigenvalue weighted by Crippen LogP contribution is 2.37. The second-order valence-electron chi connectivity index (χ2n) is 6.45. The molecular formula is C16H20F2N2O4S. The summed E-state index contributed by atoms with van der Waals surface area (Å²) in [6, 6.07) is 4.94. The zero-order valence-corrected chi connectivity index (χ0v) is 14.3. The molecule has 0 aromatic heterocycles.